The van der Waals surface area contributed by atoms with E-state index in [1.165, 1.54) is 11.3 Å². The number of hydrogen-bond acceptors (Lipinski definition) is 6. The number of nitrogens with one attached hydrogen (secondary N) is 2. The van der Waals surface area contributed by atoms with E-state index in [0.29, 0.717) is 28.1 Å². The van der Waals surface area contributed by atoms with Crippen molar-refractivity contribution in [2.45, 2.75) is 0 Å². The molecule has 3 heterocycles. The summed E-state index contributed by atoms with van der Waals surface area (Å²) < 4.78 is 0. The Labute approximate surface area is 170 Å². The van der Waals surface area contributed by atoms with Crippen LogP contribution >= 0.6 is 34.5 Å². The van der Waals surface area contributed by atoms with Crippen LogP contribution in [0.5, 0.6) is 0 Å². The van der Waals surface area contributed by atoms with Crippen LogP contribution < -0.4 is 16.4 Å². The van der Waals surface area contributed by atoms with Gasteiger partial charge in [-0.25, -0.2) is 4.98 Å². The van der Waals surface area contributed by atoms with E-state index in [2.05, 4.69) is 21.7 Å². The lowest BCUT2D eigenvalue weighted by atomic mass is 9.98. The number of nitriles is 1. The molecule has 4 rings (SSSR count). The van der Waals surface area contributed by atoms with Crippen LogP contribution in [-0.4, -0.2) is 11.7 Å². The quantitative estimate of drug-likeness (QED) is 0.579. The van der Waals surface area contributed by atoms with Gasteiger partial charge in [-0.3, -0.25) is 0 Å². The normalized spacial score (nSPS) is 12.9. The third-order valence-electron chi connectivity index (χ3n) is 4.14. The molecule has 0 fully saturated rings. The van der Waals surface area contributed by atoms with Crippen molar-refractivity contribution in [2.75, 3.05) is 12.4 Å². The third kappa shape index (κ3) is 3.21. The Morgan fingerprint density at radius 2 is 2.04 bits per heavy atom. The largest absolute Gasteiger partial charge is 0.384 e. The highest BCUT2D eigenvalue weighted by molar-refractivity contribution is 7.17. The Hall–Kier alpha value is -2.72. The average molecular weight is 414 g/mol. The van der Waals surface area contributed by atoms with Gasteiger partial charge in [-0.15, -0.1) is 11.3 Å². The van der Waals surface area contributed by atoms with Crippen LogP contribution in [0.25, 0.3) is 27.3 Å². The molecule has 1 aliphatic heterocycles. The van der Waals surface area contributed by atoms with E-state index in [1.54, 1.807) is 24.4 Å². The molecule has 0 unspecified atom stereocenters. The molecule has 8 heteroatoms. The summed E-state index contributed by atoms with van der Waals surface area (Å²) in [5.74, 6) is 0.400. The lowest BCUT2D eigenvalue weighted by Crippen LogP contribution is -2.13. The smallest absolute Gasteiger partial charge is 0.123 e. The summed E-state index contributed by atoms with van der Waals surface area (Å²) in [4.78, 5) is 5.78. The predicted octanol–water partition coefficient (Wildman–Crippen LogP) is 4.69. The molecule has 0 radical (unpaired) electrons. The maximum atomic E-state index is 9.98. The molecule has 27 heavy (non-hydrogen) atoms. The summed E-state index contributed by atoms with van der Waals surface area (Å²) >= 11 is 14.0. The Morgan fingerprint density at radius 1 is 1.19 bits per heavy atom. The minimum absolute atomic E-state index is 0.400. The SMILES string of the molecule is N#Cc1c(-c2ccnc(N)c2)sc(C2=CNCN2)c1-c1ccc(Cl)cc1Cl. The number of anilines is 1. The van der Waals surface area contributed by atoms with Gasteiger partial charge in [-0.2, -0.15) is 5.26 Å². The zero-order valence-corrected chi connectivity index (χ0v) is 16.2. The highest BCUT2D eigenvalue weighted by Crippen LogP contribution is 2.46. The van der Waals surface area contributed by atoms with E-state index in [0.717, 1.165) is 32.1 Å². The van der Waals surface area contributed by atoms with Gasteiger partial charge in [0.2, 0.25) is 0 Å². The van der Waals surface area contributed by atoms with Gasteiger partial charge in [-0.1, -0.05) is 29.3 Å². The molecular formula is C19H13Cl2N5S. The fourth-order valence-electron chi connectivity index (χ4n) is 2.97. The number of nitrogen functional groups attached to an aromatic ring is 1. The number of halogens is 2. The van der Waals surface area contributed by atoms with E-state index in [-0.39, 0.29) is 0 Å². The second kappa shape index (κ2) is 7.12. The molecule has 0 aliphatic carbocycles. The first-order chi connectivity index (χ1) is 13.1. The summed E-state index contributed by atoms with van der Waals surface area (Å²) in [5.41, 5.74) is 9.67. The highest BCUT2D eigenvalue weighted by Gasteiger charge is 2.25. The maximum Gasteiger partial charge on any atom is 0.123 e. The number of rotatable bonds is 3. The van der Waals surface area contributed by atoms with Gasteiger partial charge in [0.05, 0.1) is 27.7 Å². The lowest BCUT2D eigenvalue weighted by Gasteiger charge is -2.09. The van der Waals surface area contributed by atoms with Gasteiger partial charge >= 0.3 is 0 Å². The number of nitrogens with two attached hydrogens (primary N) is 1. The van der Waals surface area contributed by atoms with Crippen molar-refractivity contribution >= 4 is 46.1 Å². The Balaban J connectivity index is 2.02. The summed E-state index contributed by atoms with van der Waals surface area (Å²) in [6.07, 6.45) is 3.53. The number of aromatic nitrogens is 1. The molecule has 0 atom stereocenters. The molecule has 1 aromatic carbocycles. The second-order valence-electron chi connectivity index (χ2n) is 5.83. The number of hydrogen-bond donors (Lipinski definition) is 3. The average Bonchev–Trinajstić information content (AvgIpc) is 3.29. The van der Waals surface area contributed by atoms with Crippen molar-refractivity contribution in [3.05, 3.63) is 63.2 Å². The summed E-state index contributed by atoms with van der Waals surface area (Å²) in [7, 11) is 0. The first-order valence-electron chi connectivity index (χ1n) is 8.00. The monoisotopic (exact) mass is 413 g/mol. The van der Waals surface area contributed by atoms with Crippen LogP contribution in [0, 0.1) is 11.3 Å². The van der Waals surface area contributed by atoms with E-state index in [4.69, 9.17) is 28.9 Å². The zero-order valence-electron chi connectivity index (χ0n) is 13.9. The van der Waals surface area contributed by atoms with E-state index in [1.807, 2.05) is 18.3 Å². The van der Waals surface area contributed by atoms with Gasteiger partial charge in [0.1, 0.15) is 11.9 Å². The standard InChI is InChI=1S/C19H13Cl2N5S/c20-11-1-2-12(14(21)6-11)17-13(7-22)18(10-3-4-25-16(23)5-10)27-19(17)15-8-24-9-26-15/h1-6,8,24,26H,9H2,(H2,23,25). The molecular weight excluding hydrogens is 401 g/mol. The van der Waals surface area contributed by atoms with Crippen LogP contribution in [0.3, 0.4) is 0 Å². The predicted molar refractivity (Wildman–Crippen MR) is 111 cm³/mol. The number of pyridine rings is 1. The molecule has 134 valence electrons. The lowest BCUT2D eigenvalue weighted by molar-refractivity contribution is 0.843. The minimum Gasteiger partial charge on any atom is -0.384 e. The van der Waals surface area contributed by atoms with E-state index in [9.17, 15) is 5.26 Å². The van der Waals surface area contributed by atoms with Gasteiger partial charge in [0.25, 0.3) is 0 Å². The van der Waals surface area contributed by atoms with Gasteiger partial charge in [0, 0.05) is 33.6 Å². The van der Waals surface area contributed by atoms with Gasteiger partial charge in [0.15, 0.2) is 0 Å². The molecule has 1 aliphatic rings. The van der Waals surface area contributed by atoms with Crippen molar-refractivity contribution in [1.29, 1.82) is 5.26 Å². The van der Waals surface area contributed by atoms with Crippen molar-refractivity contribution in [1.82, 2.24) is 15.6 Å². The summed E-state index contributed by atoms with van der Waals surface area (Å²) in [6, 6.07) is 11.2. The molecule has 4 N–H and O–H groups in total. The fourth-order valence-corrected chi connectivity index (χ4v) is 4.72. The first kappa shape index (κ1) is 17.7. The molecule has 5 nitrogen and oxygen atoms in total. The molecule has 3 aromatic rings. The summed E-state index contributed by atoms with van der Waals surface area (Å²) in [6.45, 7) is 0.625. The first-order valence-corrected chi connectivity index (χ1v) is 9.57. The summed E-state index contributed by atoms with van der Waals surface area (Å²) in [5, 5.41) is 17.4. The Morgan fingerprint density at radius 3 is 2.70 bits per heavy atom. The van der Waals surface area contributed by atoms with Crippen molar-refractivity contribution < 1.29 is 0 Å². The zero-order chi connectivity index (χ0) is 19.0. The topological polar surface area (TPSA) is 86.8 Å². The molecule has 2 aromatic heterocycles. The van der Waals surface area contributed by atoms with Crippen LogP contribution in [0.15, 0.2) is 42.7 Å². The molecule has 0 saturated heterocycles. The van der Waals surface area contributed by atoms with Crippen LogP contribution in [0.1, 0.15) is 10.4 Å². The molecule has 0 bridgehead atoms. The van der Waals surface area contributed by atoms with Crippen LogP contribution in [0.4, 0.5) is 5.82 Å². The van der Waals surface area contributed by atoms with Crippen LogP contribution in [-0.2, 0) is 0 Å². The van der Waals surface area contributed by atoms with E-state index >= 15 is 0 Å². The second-order valence-corrected chi connectivity index (χ2v) is 7.70. The van der Waals surface area contributed by atoms with Crippen molar-refractivity contribution in [3.8, 4) is 27.6 Å². The number of benzene rings is 1. The number of thiophene rings is 1. The third-order valence-corrected chi connectivity index (χ3v) is 5.96. The highest BCUT2D eigenvalue weighted by atomic mass is 35.5. The molecule has 0 amide bonds. The molecule has 0 spiro atoms. The minimum atomic E-state index is 0.400. The maximum absolute atomic E-state index is 9.98. The van der Waals surface area contributed by atoms with Crippen molar-refractivity contribution in [2.24, 2.45) is 0 Å². The fraction of sp³-hybridized carbons (Fsp3) is 0.0526. The Kier molecular flexibility index (Phi) is 4.66. The van der Waals surface area contributed by atoms with Gasteiger partial charge < -0.3 is 16.4 Å². The van der Waals surface area contributed by atoms with Crippen molar-refractivity contribution in [3.63, 3.8) is 0 Å². The Bertz CT molecular complexity index is 1110. The van der Waals surface area contributed by atoms with E-state index < -0.39 is 0 Å². The van der Waals surface area contributed by atoms with Gasteiger partial charge in [-0.05, 0) is 29.8 Å². The van der Waals surface area contributed by atoms with Crippen LogP contribution in [0.2, 0.25) is 10.0 Å². The molecule has 0 saturated carbocycles. The number of nitrogens with zero attached hydrogens (tertiary/aromatic N) is 2.